The minimum Gasteiger partial charge on any atom is -0.339 e. The number of piperazine rings is 1. The van der Waals surface area contributed by atoms with Crippen LogP contribution < -0.4 is 4.90 Å². The Bertz CT molecular complexity index is 936. The number of benzene rings is 2. The van der Waals surface area contributed by atoms with Crippen LogP contribution in [0.2, 0.25) is 0 Å². The lowest BCUT2D eigenvalue weighted by Gasteiger charge is -2.36. The number of amides is 3. The monoisotopic (exact) mass is 405 g/mol. The standard InChI is InChI=1S/C24H27N3O3/c1-2-18-7-6-10-21(15-18)27-17-20(16-22(27)28)24(30)26-13-11-25(12-14-26)23(29)19-8-4-3-5-9-19/h3-10,15,20H,2,11-14,16-17H2,1H3/t20-/m1/s1. The number of carbonyl (C=O) groups excluding carboxylic acids is 3. The molecule has 0 saturated carbocycles. The number of anilines is 1. The second-order valence-corrected chi connectivity index (χ2v) is 7.91. The van der Waals surface area contributed by atoms with Crippen molar-refractivity contribution >= 4 is 23.4 Å². The molecule has 3 amide bonds. The van der Waals surface area contributed by atoms with E-state index in [0.717, 1.165) is 12.1 Å². The van der Waals surface area contributed by atoms with Gasteiger partial charge in [0.15, 0.2) is 0 Å². The first kappa shape index (κ1) is 20.1. The molecule has 2 saturated heterocycles. The van der Waals surface area contributed by atoms with Crippen molar-refractivity contribution in [2.24, 2.45) is 5.92 Å². The van der Waals surface area contributed by atoms with Gasteiger partial charge in [-0.3, -0.25) is 14.4 Å². The molecule has 2 aliphatic rings. The molecule has 2 heterocycles. The quantitative estimate of drug-likeness (QED) is 0.786. The van der Waals surface area contributed by atoms with E-state index >= 15 is 0 Å². The lowest BCUT2D eigenvalue weighted by Crippen LogP contribution is -2.52. The Morgan fingerprint density at radius 1 is 0.933 bits per heavy atom. The van der Waals surface area contributed by atoms with E-state index in [2.05, 4.69) is 6.92 Å². The highest BCUT2D eigenvalue weighted by atomic mass is 16.2. The van der Waals surface area contributed by atoms with Crippen LogP contribution in [0, 0.1) is 5.92 Å². The van der Waals surface area contributed by atoms with Crippen LogP contribution in [0.4, 0.5) is 5.69 Å². The third kappa shape index (κ3) is 4.08. The number of hydrogen-bond acceptors (Lipinski definition) is 3. The second-order valence-electron chi connectivity index (χ2n) is 7.91. The summed E-state index contributed by atoms with van der Waals surface area (Å²) >= 11 is 0. The van der Waals surface area contributed by atoms with Crippen LogP contribution in [0.3, 0.4) is 0 Å². The maximum atomic E-state index is 13.0. The zero-order chi connectivity index (χ0) is 21.1. The van der Waals surface area contributed by atoms with Gasteiger partial charge in [-0.05, 0) is 36.2 Å². The number of nitrogens with zero attached hydrogens (tertiary/aromatic N) is 3. The molecule has 2 aliphatic heterocycles. The largest absolute Gasteiger partial charge is 0.339 e. The summed E-state index contributed by atoms with van der Waals surface area (Å²) in [6.07, 6.45) is 1.16. The van der Waals surface area contributed by atoms with Crippen molar-refractivity contribution in [3.8, 4) is 0 Å². The van der Waals surface area contributed by atoms with Gasteiger partial charge < -0.3 is 14.7 Å². The maximum Gasteiger partial charge on any atom is 0.253 e. The molecule has 2 aromatic rings. The van der Waals surface area contributed by atoms with Crippen LogP contribution in [0.25, 0.3) is 0 Å². The average molecular weight is 405 g/mol. The Hall–Kier alpha value is -3.15. The van der Waals surface area contributed by atoms with Gasteiger partial charge in [0.05, 0.1) is 5.92 Å². The van der Waals surface area contributed by atoms with Gasteiger partial charge in [-0.15, -0.1) is 0 Å². The summed E-state index contributed by atoms with van der Waals surface area (Å²) < 4.78 is 0. The highest BCUT2D eigenvalue weighted by Crippen LogP contribution is 2.27. The predicted octanol–water partition coefficient (Wildman–Crippen LogP) is 2.59. The molecular weight excluding hydrogens is 378 g/mol. The fourth-order valence-corrected chi connectivity index (χ4v) is 4.22. The van der Waals surface area contributed by atoms with E-state index in [1.165, 1.54) is 5.56 Å². The van der Waals surface area contributed by atoms with Gasteiger partial charge in [-0.25, -0.2) is 0 Å². The van der Waals surface area contributed by atoms with E-state index in [-0.39, 0.29) is 30.1 Å². The van der Waals surface area contributed by atoms with Crippen LogP contribution >= 0.6 is 0 Å². The first-order valence-corrected chi connectivity index (χ1v) is 10.6. The van der Waals surface area contributed by atoms with Gasteiger partial charge in [0.2, 0.25) is 11.8 Å². The first-order chi connectivity index (χ1) is 14.6. The van der Waals surface area contributed by atoms with E-state index in [0.29, 0.717) is 38.3 Å². The zero-order valence-electron chi connectivity index (χ0n) is 17.3. The van der Waals surface area contributed by atoms with Crippen LogP contribution in [-0.2, 0) is 16.0 Å². The number of hydrogen-bond donors (Lipinski definition) is 0. The molecule has 0 unspecified atom stereocenters. The highest BCUT2D eigenvalue weighted by Gasteiger charge is 2.38. The van der Waals surface area contributed by atoms with Gasteiger partial charge >= 0.3 is 0 Å². The third-order valence-corrected chi connectivity index (χ3v) is 6.00. The Labute approximate surface area is 177 Å². The molecule has 0 radical (unpaired) electrons. The molecule has 0 bridgehead atoms. The van der Waals surface area contributed by atoms with Crippen LogP contribution in [0.1, 0.15) is 29.3 Å². The highest BCUT2D eigenvalue weighted by molar-refractivity contribution is 6.00. The Balaban J connectivity index is 1.35. The smallest absolute Gasteiger partial charge is 0.253 e. The Morgan fingerprint density at radius 3 is 2.33 bits per heavy atom. The fourth-order valence-electron chi connectivity index (χ4n) is 4.22. The van der Waals surface area contributed by atoms with Crippen molar-refractivity contribution in [2.75, 3.05) is 37.6 Å². The predicted molar refractivity (Wildman–Crippen MR) is 115 cm³/mol. The Kier molecular flexibility index (Phi) is 5.84. The summed E-state index contributed by atoms with van der Waals surface area (Å²) in [6.45, 7) is 4.55. The normalized spacial score (nSPS) is 19.3. The van der Waals surface area contributed by atoms with E-state index < -0.39 is 0 Å². The summed E-state index contributed by atoms with van der Waals surface area (Å²) in [6, 6.07) is 17.2. The molecule has 30 heavy (non-hydrogen) atoms. The van der Waals surface area contributed by atoms with Crippen LogP contribution in [0.15, 0.2) is 54.6 Å². The summed E-state index contributed by atoms with van der Waals surface area (Å²) in [5.41, 5.74) is 2.71. The summed E-state index contributed by atoms with van der Waals surface area (Å²) in [5.74, 6) is -0.302. The van der Waals surface area contributed by atoms with Gasteiger partial charge in [0, 0.05) is 50.4 Å². The molecule has 156 valence electrons. The zero-order valence-corrected chi connectivity index (χ0v) is 17.3. The van der Waals surface area contributed by atoms with Gasteiger partial charge in [-0.1, -0.05) is 37.3 Å². The van der Waals surface area contributed by atoms with Crippen molar-refractivity contribution in [1.82, 2.24) is 9.80 Å². The lowest BCUT2D eigenvalue weighted by molar-refractivity contribution is -0.137. The first-order valence-electron chi connectivity index (χ1n) is 10.6. The van der Waals surface area contributed by atoms with E-state index in [9.17, 15) is 14.4 Å². The van der Waals surface area contributed by atoms with Gasteiger partial charge in [-0.2, -0.15) is 0 Å². The fraction of sp³-hybridized carbons (Fsp3) is 0.375. The van der Waals surface area contributed by atoms with Crippen molar-refractivity contribution in [1.29, 1.82) is 0 Å². The Morgan fingerprint density at radius 2 is 1.63 bits per heavy atom. The molecule has 2 aromatic carbocycles. The van der Waals surface area contributed by atoms with Gasteiger partial charge in [0.1, 0.15) is 0 Å². The molecule has 6 heteroatoms. The topological polar surface area (TPSA) is 60.9 Å². The van der Waals surface area contributed by atoms with Crippen molar-refractivity contribution in [3.05, 3.63) is 65.7 Å². The van der Waals surface area contributed by atoms with Crippen LogP contribution in [-0.4, -0.2) is 60.2 Å². The van der Waals surface area contributed by atoms with Crippen molar-refractivity contribution in [2.45, 2.75) is 19.8 Å². The molecule has 1 atom stereocenters. The molecule has 0 aromatic heterocycles. The summed E-state index contributed by atoms with van der Waals surface area (Å²) in [4.78, 5) is 43.5. The molecule has 4 rings (SSSR count). The molecule has 0 N–H and O–H groups in total. The summed E-state index contributed by atoms with van der Waals surface area (Å²) in [7, 11) is 0. The molecule has 0 aliphatic carbocycles. The second kappa shape index (κ2) is 8.69. The van der Waals surface area contributed by atoms with E-state index in [1.54, 1.807) is 14.7 Å². The third-order valence-electron chi connectivity index (χ3n) is 6.00. The maximum absolute atomic E-state index is 13.0. The van der Waals surface area contributed by atoms with Crippen molar-refractivity contribution < 1.29 is 14.4 Å². The lowest BCUT2D eigenvalue weighted by atomic mass is 10.1. The molecule has 0 spiro atoms. The van der Waals surface area contributed by atoms with Crippen LogP contribution in [0.5, 0.6) is 0 Å². The number of rotatable bonds is 4. The molecule has 2 fully saturated rings. The minimum atomic E-state index is -0.320. The number of carbonyl (C=O) groups is 3. The SMILES string of the molecule is CCc1cccc(N2C[C@H](C(=O)N3CCN(C(=O)c4ccccc4)CC3)CC2=O)c1. The molecular formula is C24H27N3O3. The van der Waals surface area contributed by atoms with Gasteiger partial charge in [0.25, 0.3) is 5.91 Å². The minimum absolute atomic E-state index is 0.000468. The van der Waals surface area contributed by atoms with E-state index in [1.807, 2.05) is 54.6 Å². The summed E-state index contributed by atoms with van der Waals surface area (Å²) in [5, 5.41) is 0. The molecule has 6 nitrogen and oxygen atoms in total. The number of aryl methyl sites for hydroxylation is 1. The average Bonchev–Trinajstić information content (AvgIpc) is 3.20. The van der Waals surface area contributed by atoms with E-state index in [4.69, 9.17) is 0 Å². The van der Waals surface area contributed by atoms with Crippen molar-refractivity contribution in [3.63, 3.8) is 0 Å².